The van der Waals surface area contributed by atoms with Crippen molar-refractivity contribution in [3.63, 3.8) is 0 Å². The van der Waals surface area contributed by atoms with Crippen molar-refractivity contribution in [3.8, 4) is 11.4 Å². The van der Waals surface area contributed by atoms with Crippen molar-refractivity contribution in [2.75, 3.05) is 33.4 Å². The molecule has 0 aliphatic heterocycles. The van der Waals surface area contributed by atoms with Gasteiger partial charge in [-0.1, -0.05) is 30.6 Å². The number of nitrogens with one attached hydrogen (secondary N) is 2. The smallest absolute Gasteiger partial charge is 0.228 e. The van der Waals surface area contributed by atoms with Crippen LogP contribution in [0.25, 0.3) is 11.4 Å². The molecule has 2 rings (SSSR count). The molecule has 1 aromatic heterocycles. The van der Waals surface area contributed by atoms with Gasteiger partial charge < -0.3 is 19.9 Å². The van der Waals surface area contributed by atoms with Crippen LogP contribution in [0.2, 0.25) is 5.02 Å². The third-order valence-electron chi connectivity index (χ3n) is 3.80. The van der Waals surface area contributed by atoms with Crippen LogP contribution >= 0.6 is 35.6 Å². The molecule has 156 valence electrons. The van der Waals surface area contributed by atoms with E-state index in [-0.39, 0.29) is 24.0 Å². The topological polar surface area (TPSA) is 84.6 Å². The van der Waals surface area contributed by atoms with E-state index in [1.54, 1.807) is 19.2 Å². The number of halogens is 2. The molecule has 0 atom stereocenters. The average molecular weight is 522 g/mol. The summed E-state index contributed by atoms with van der Waals surface area (Å²) in [5, 5.41) is 11.1. The van der Waals surface area contributed by atoms with Crippen LogP contribution < -0.4 is 10.6 Å². The molecule has 28 heavy (non-hydrogen) atoms. The number of rotatable bonds is 10. The monoisotopic (exact) mass is 521 g/mol. The molecule has 1 aromatic carbocycles. The summed E-state index contributed by atoms with van der Waals surface area (Å²) in [6.45, 7) is 7.17. The Bertz CT molecular complexity index is 707. The van der Waals surface area contributed by atoms with Crippen molar-refractivity contribution in [1.82, 2.24) is 20.8 Å². The van der Waals surface area contributed by atoms with Crippen LogP contribution in [0.4, 0.5) is 0 Å². The predicted molar refractivity (Wildman–Crippen MR) is 124 cm³/mol. The van der Waals surface area contributed by atoms with E-state index in [1.165, 1.54) is 0 Å². The first kappa shape index (κ1) is 24.6. The summed E-state index contributed by atoms with van der Waals surface area (Å²) >= 11 is 5.89. The van der Waals surface area contributed by atoms with E-state index in [9.17, 15) is 0 Å². The fourth-order valence-electron chi connectivity index (χ4n) is 2.24. The van der Waals surface area contributed by atoms with Gasteiger partial charge >= 0.3 is 0 Å². The molecule has 0 saturated heterocycles. The van der Waals surface area contributed by atoms with Crippen molar-refractivity contribution < 1.29 is 9.26 Å². The molecule has 0 unspecified atom stereocenters. The van der Waals surface area contributed by atoms with E-state index < -0.39 is 0 Å². The minimum Gasteiger partial charge on any atom is -0.380 e. The molecule has 0 spiro atoms. The van der Waals surface area contributed by atoms with E-state index in [0.717, 1.165) is 24.6 Å². The van der Waals surface area contributed by atoms with Crippen LogP contribution in [0.15, 0.2) is 33.8 Å². The maximum Gasteiger partial charge on any atom is 0.228 e. The Balaban J connectivity index is 0.00000392. The van der Waals surface area contributed by atoms with Gasteiger partial charge in [0.2, 0.25) is 11.7 Å². The summed E-state index contributed by atoms with van der Waals surface area (Å²) < 4.78 is 10.9. The van der Waals surface area contributed by atoms with E-state index in [2.05, 4.69) is 39.6 Å². The lowest BCUT2D eigenvalue weighted by molar-refractivity contribution is 0.128. The molecular weight excluding hydrogens is 493 g/mol. The summed E-state index contributed by atoms with van der Waals surface area (Å²) in [5.74, 6) is 2.51. The van der Waals surface area contributed by atoms with Crippen LogP contribution in [0.3, 0.4) is 0 Å². The van der Waals surface area contributed by atoms with Gasteiger partial charge in [-0.2, -0.15) is 4.98 Å². The van der Waals surface area contributed by atoms with Gasteiger partial charge in [0.25, 0.3) is 0 Å². The summed E-state index contributed by atoms with van der Waals surface area (Å²) in [5.41, 5.74) is 0.873. The second-order valence-corrected chi connectivity index (χ2v) is 6.93. The molecule has 0 saturated carbocycles. The first-order valence-corrected chi connectivity index (χ1v) is 9.57. The lowest BCUT2D eigenvalue weighted by Crippen LogP contribution is -2.39. The van der Waals surface area contributed by atoms with Gasteiger partial charge in [-0.25, -0.2) is 0 Å². The fraction of sp³-hybridized carbons (Fsp3) is 0.526. The molecule has 2 aromatic rings. The minimum absolute atomic E-state index is 0. The van der Waals surface area contributed by atoms with Gasteiger partial charge in [-0.15, -0.1) is 24.0 Å². The number of ether oxygens (including phenoxy) is 1. The molecule has 0 bridgehead atoms. The highest BCUT2D eigenvalue weighted by Gasteiger charge is 2.08. The standard InChI is InChI=1S/C19H28ClN5O2.HI/c1-14(2)9-12-26-13-11-23-19(21-3)22-10-8-17-24-18(25-27-17)15-4-6-16(20)7-5-15;/h4-7,14H,8-13H2,1-3H3,(H2,21,22,23);1H. The second kappa shape index (κ2) is 13.7. The Labute approximate surface area is 188 Å². The van der Waals surface area contributed by atoms with Crippen LogP contribution in [0.5, 0.6) is 0 Å². The van der Waals surface area contributed by atoms with Crippen LogP contribution in [-0.4, -0.2) is 49.5 Å². The number of hydrogen-bond donors (Lipinski definition) is 2. The largest absolute Gasteiger partial charge is 0.380 e. The number of hydrogen-bond acceptors (Lipinski definition) is 5. The zero-order chi connectivity index (χ0) is 19.5. The molecule has 7 nitrogen and oxygen atoms in total. The molecule has 0 radical (unpaired) electrons. The summed E-state index contributed by atoms with van der Waals surface area (Å²) in [7, 11) is 1.74. The van der Waals surface area contributed by atoms with Crippen molar-refractivity contribution in [1.29, 1.82) is 0 Å². The number of aromatic nitrogens is 2. The molecule has 0 amide bonds. The van der Waals surface area contributed by atoms with Crippen LogP contribution in [-0.2, 0) is 11.2 Å². The highest BCUT2D eigenvalue weighted by atomic mass is 127. The summed E-state index contributed by atoms with van der Waals surface area (Å²) in [4.78, 5) is 8.59. The Morgan fingerprint density at radius 2 is 1.89 bits per heavy atom. The van der Waals surface area contributed by atoms with Gasteiger partial charge in [-0.05, 0) is 36.6 Å². The van der Waals surface area contributed by atoms with Gasteiger partial charge in [0, 0.05) is 43.8 Å². The first-order valence-electron chi connectivity index (χ1n) is 9.19. The van der Waals surface area contributed by atoms with E-state index in [0.29, 0.717) is 48.8 Å². The highest BCUT2D eigenvalue weighted by molar-refractivity contribution is 14.0. The van der Waals surface area contributed by atoms with Gasteiger partial charge in [0.05, 0.1) is 6.61 Å². The van der Waals surface area contributed by atoms with Crippen molar-refractivity contribution in [3.05, 3.63) is 35.2 Å². The SMILES string of the molecule is CN=C(NCCOCCC(C)C)NCCc1nc(-c2ccc(Cl)cc2)no1.I. The third-order valence-corrected chi connectivity index (χ3v) is 4.06. The number of benzene rings is 1. The lowest BCUT2D eigenvalue weighted by atomic mass is 10.1. The maximum absolute atomic E-state index is 5.89. The highest BCUT2D eigenvalue weighted by Crippen LogP contribution is 2.18. The minimum atomic E-state index is 0. The van der Waals surface area contributed by atoms with Gasteiger partial charge in [0.15, 0.2) is 5.96 Å². The van der Waals surface area contributed by atoms with Crippen molar-refractivity contribution >= 4 is 41.5 Å². The average Bonchev–Trinajstić information content (AvgIpc) is 3.12. The predicted octanol–water partition coefficient (Wildman–Crippen LogP) is 3.78. The Hall–Kier alpha value is -1.39. The molecule has 1 heterocycles. The fourth-order valence-corrected chi connectivity index (χ4v) is 2.37. The molecule has 0 aliphatic carbocycles. The number of aliphatic imine (C=N–C) groups is 1. The molecule has 0 aliphatic rings. The Kier molecular flexibility index (Phi) is 12.1. The quantitative estimate of drug-likeness (QED) is 0.214. The second-order valence-electron chi connectivity index (χ2n) is 6.49. The lowest BCUT2D eigenvalue weighted by Gasteiger charge is -2.11. The number of guanidine groups is 1. The van der Waals surface area contributed by atoms with Crippen LogP contribution in [0.1, 0.15) is 26.2 Å². The number of nitrogens with zero attached hydrogens (tertiary/aromatic N) is 3. The van der Waals surface area contributed by atoms with E-state index >= 15 is 0 Å². The molecule has 9 heteroatoms. The molecular formula is C19H29ClIN5O2. The van der Waals surface area contributed by atoms with Gasteiger partial charge in [-0.3, -0.25) is 4.99 Å². The third kappa shape index (κ3) is 9.20. The maximum atomic E-state index is 5.89. The Morgan fingerprint density at radius 3 is 2.57 bits per heavy atom. The normalized spacial score (nSPS) is 11.4. The van der Waals surface area contributed by atoms with Crippen LogP contribution in [0, 0.1) is 5.92 Å². The summed E-state index contributed by atoms with van der Waals surface area (Å²) in [6.07, 6.45) is 1.68. The van der Waals surface area contributed by atoms with Crippen molar-refractivity contribution in [2.24, 2.45) is 10.9 Å². The van der Waals surface area contributed by atoms with Crippen molar-refractivity contribution in [2.45, 2.75) is 26.7 Å². The van der Waals surface area contributed by atoms with Gasteiger partial charge in [0.1, 0.15) is 0 Å². The zero-order valence-electron chi connectivity index (χ0n) is 16.6. The summed E-state index contributed by atoms with van der Waals surface area (Å²) in [6, 6.07) is 7.34. The zero-order valence-corrected chi connectivity index (χ0v) is 19.7. The first-order chi connectivity index (χ1) is 13.1. The van der Waals surface area contributed by atoms with E-state index in [4.69, 9.17) is 20.9 Å². The Morgan fingerprint density at radius 1 is 1.18 bits per heavy atom. The van der Waals surface area contributed by atoms with E-state index in [1.807, 2.05) is 12.1 Å². The molecule has 2 N–H and O–H groups in total. The molecule has 0 fully saturated rings.